The summed E-state index contributed by atoms with van der Waals surface area (Å²) in [6.45, 7) is 0. The molecule has 0 saturated heterocycles. The highest BCUT2D eigenvalue weighted by molar-refractivity contribution is 5.81. The standard InChI is InChI=1S/C14H14N2O2/c1-17-13-4-3-12(9-14(13)18-2)16-10-11-5-7-15-8-6-11/h3-10H,1-2H3. The van der Waals surface area contributed by atoms with Crippen LogP contribution in [0.15, 0.2) is 47.7 Å². The molecule has 0 radical (unpaired) electrons. The van der Waals surface area contributed by atoms with Crippen molar-refractivity contribution in [2.24, 2.45) is 4.99 Å². The molecule has 0 aliphatic carbocycles. The number of aromatic nitrogens is 1. The van der Waals surface area contributed by atoms with Gasteiger partial charge in [-0.15, -0.1) is 0 Å². The fraction of sp³-hybridized carbons (Fsp3) is 0.143. The monoisotopic (exact) mass is 242 g/mol. The molecule has 0 spiro atoms. The third-order valence-electron chi connectivity index (χ3n) is 2.44. The molecule has 2 aromatic rings. The second-order valence-electron chi connectivity index (χ2n) is 3.58. The number of aliphatic imine (C=N–C) groups is 1. The van der Waals surface area contributed by atoms with E-state index in [-0.39, 0.29) is 0 Å². The van der Waals surface area contributed by atoms with Crippen molar-refractivity contribution in [1.82, 2.24) is 4.98 Å². The molecule has 0 aliphatic heterocycles. The number of methoxy groups -OCH3 is 2. The minimum atomic E-state index is 0.668. The van der Waals surface area contributed by atoms with Crippen LogP contribution in [0, 0.1) is 0 Å². The highest BCUT2D eigenvalue weighted by Gasteiger charge is 2.02. The van der Waals surface area contributed by atoms with Gasteiger partial charge in [-0.3, -0.25) is 9.98 Å². The second-order valence-corrected chi connectivity index (χ2v) is 3.58. The summed E-state index contributed by atoms with van der Waals surface area (Å²) in [6, 6.07) is 9.32. The Morgan fingerprint density at radius 2 is 1.72 bits per heavy atom. The second kappa shape index (κ2) is 5.82. The van der Waals surface area contributed by atoms with Crippen LogP contribution in [0.4, 0.5) is 5.69 Å². The van der Waals surface area contributed by atoms with Crippen LogP contribution in [0.2, 0.25) is 0 Å². The Morgan fingerprint density at radius 1 is 1.00 bits per heavy atom. The maximum absolute atomic E-state index is 5.22. The first-order valence-corrected chi connectivity index (χ1v) is 5.49. The van der Waals surface area contributed by atoms with Crippen LogP contribution in [-0.2, 0) is 0 Å². The van der Waals surface area contributed by atoms with E-state index in [4.69, 9.17) is 9.47 Å². The van der Waals surface area contributed by atoms with Gasteiger partial charge in [-0.1, -0.05) is 0 Å². The zero-order valence-corrected chi connectivity index (χ0v) is 10.3. The number of ether oxygens (including phenoxy) is 2. The number of nitrogens with zero attached hydrogens (tertiary/aromatic N) is 2. The van der Waals surface area contributed by atoms with E-state index in [0.29, 0.717) is 11.5 Å². The van der Waals surface area contributed by atoms with Gasteiger partial charge in [0.05, 0.1) is 19.9 Å². The van der Waals surface area contributed by atoms with Gasteiger partial charge < -0.3 is 9.47 Å². The molecule has 0 N–H and O–H groups in total. The average molecular weight is 242 g/mol. The minimum Gasteiger partial charge on any atom is -0.493 e. The number of benzene rings is 1. The van der Waals surface area contributed by atoms with Gasteiger partial charge in [0.1, 0.15) is 0 Å². The lowest BCUT2D eigenvalue weighted by atomic mass is 10.2. The van der Waals surface area contributed by atoms with Crippen LogP contribution in [0.5, 0.6) is 11.5 Å². The van der Waals surface area contributed by atoms with Gasteiger partial charge in [0.25, 0.3) is 0 Å². The summed E-state index contributed by atoms with van der Waals surface area (Å²) in [6.07, 6.45) is 5.24. The Hall–Kier alpha value is -2.36. The summed E-state index contributed by atoms with van der Waals surface area (Å²) in [5, 5.41) is 0. The van der Waals surface area contributed by atoms with Crippen LogP contribution < -0.4 is 9.47 Å². The summed E-state index contributed by atoms with van der Waals surface area (Å²) in [4.78, 5) is 8.32. The third kappa shape index (κ3) is 2.85. The molecule has 0 bridgehead atoms. The largest absolute Gasteiger partial charge is 0.493 e. The van der Waals surface area contributed by atoms with Crippen molar-refractivity contribution >= 4 is 11.9 Å². The van der Waals surface area contributed by atoms with Crippen molar-refractivity contribution in [2.75, 3.05) is 14.2 Å². The van der Waals surface area contributed by atoms with E-state index in [2.05, 4.69) is 9.98 Å². The quantitative estimate of drug-likeness (QED) is 0.774. The maximum Gasteiger partial charge on any atom is 0.162 e. The van der Waals surface area contributed by atoms with Crippen LogP contribution in [0.3, 0.4) is 0 Å². The van der Waals surface area contributed by atoms with Crippen LogP contribution in [-0.4, -0.2) is 25.4 Å². The van der Waals surface area contributed by atoms with Gasteiger partial charge in [0, 0.05) is 24.7 Å². The minimum absolute atomic E-state index is 0.668. The van der Waals surface area contributed by atoms with E-state index in [0.717, 1.165) is 11.3 Å². The van der Waals surface area contributed by atoms with Gasteiger partial charge in [-0.05, 0) is 29.8 Å². The zero-order valence-electron chi connectivity index (χ0n) is 10.3. The average Bonchev–Trinajstić information content (AvgIpc) is 2.45. The molecule has 0 unspecified atom stereocenters. The van der Waals surface area contributed by atoms with E-state index in [1.54, 1.807) is 32.8 Å². The molecule has 0 amide bonds. The van der Waals surface area contributed by atoms with E-state index in [1.165, 1.54) is 0 Å². The molecular weight excluding hydrogens is 228 g/mol. The Labute approximate surface area is 106 Å². The first-order valence-electron chi connectivity index (χ1n) is 5.49. The van der Waals surface area contributed by atoms with Crippen molar-refractivity contribution < 1.29 is 9.47 Å². The number of hydrogen-bond donors (Lipinski definition) is 0. The molecule has 0 aliphatic rings. The first kappa shape index (κ1) is 12.1. The molecule has 1 aromatic carbocycles. The number of pyridine rings is 1. The Morgan fingerprint density at radius 3 is 2.39 bits per heavy atom. The Balaban J connectivity index is 2.22. The molecule has 0 atom stereocenters. The molecule has 4 heteroatoms. The van der Waals surface area contributed by atoms with E-state index in [1.807, 2.05) is 30.3 Å². The van der Waals surface area contributed by atoms with Gasteiger partial charge >= 0.3 is 0 Å². The molecule has 2 rings (SSSR count). The topological polar surface area (TPSA) is 43.7 Å². The van der Waals surface area contributed by atoms with Gasteiger partial charge in [0.15, 0.2) is 11.5 Å². The number of rotatable bonds is 4. The molecule has 1 heterocycles. The molecular formula is C14H14N2O2. The first-order chi connectivity index (χ1) is 8.83. The van der Waals surface area contributed by atoms with Crippen molar-refractivity contribution in [1.29, 1.82) is 0 Å². The lowest BCUT2D eigenvalue weighted by Gasteiger charge is -2.07. The summed E-state index contributed by atoms with van der Waals surface area (Å²) < 4.78 is 10.4. The molecule has 92 valence electrons. The molecule has 4 nitrogen and oxygen atoms in total. The van der Waals surface area contributed by atoms with Crippen molar-refractivity contribution in [3.8, 4) is 11.5 Å². The van der Waals surface area contributed by atoms with E-state index < -0.39 is 0 Å². The molecule has 18 heavy (non-hydrogen) atoms. The van der Waals surface area contributed by atoms with E-state index >= 15 is 0 Å². The lowest BCUT2D eigenvalue weighted by molar-refractivity contribution is 0.355. The number of hydrogen-bond acceptors (Lipinski definition) is 4. The van der Waals surface area contributed by atoms with Crippen LogP contribution >= 0.6 is 0 Å². The Kier molecular flexibility index (Phi) is 3.91. The highest BCUT2D eigenvalue weighted by Crippen LogP contribution is 2.30. The maximum atomic E-state index is 5.22. The van der Waals surface area contributed by atoms with Gasteiger partial charge in [-0.2, -0.15) is 0 Å². The van der Waals surface area contributed by atoms with E-state index in [9.17, 15) is 0 Å². The lowest BCUT2D eigenvalue weighted by Crippen LogP contribution is -1.89. The van der Waals surface area contributed by atoms with Gasteiger partial charge in [0.2, 0.25) is 0 Å². The summed E-state index contributed by atoms with van der Waals surface area (Å²) in [5.41, 5.74) is 1.81. The Bertz CT molecular complexity index is 539. The molecule has 0 fully saturated rings. The predicted molar refractivity (Wildman–Crippen MR) is 71.0 cm³/mol. The highest BCUT2D eigenvalue weighted by atomic mass is 16.5. The smallest absolute Gasteiger partial charge is 0.162 e. The summed E-state index contributed by atoms with van der Waals surface area (Å²) >= 11 is 0. The van der Waals surface area contributed by atoms with Gasteiger partial charge in [-0.25, -0.2) is 0 Å². The van der Waals surface area contributed by atoms with Crippen molar-refractivity contribution in [3.63, 3.8) is 0 Å². The van der Waals surface area contributed by atoms with Crippen molar-refractivity contribution in [2.45, 2.75) is 0 Å². The van der Waals surface area contributed by atoms with Crippen LogP contribution in [0.25, 0.3) is 0 Å². The SMILES string of the molecule is COc1ccc(N=Cc2ccncc2)cc1OC. The predicted octanol–water partition coefficient (Wildman–Crippen LogP) is 2.85. The van der Waals surface area contributed by atoms with Crippen molar-refractivity contribution in [3.05, 3.63) is 48.3 Å². The van der Waals surface area contributed by atoms with Crippen LogP contribution in [0.1, 0.15) is 5.56 Å². The fourth-order valence-electron chi connectivity index (χ4n) is 1.50. The third-order valence-corrected chi connectivity index (χ3v) is 2.44. The fourth-order valence-corrected chi connectivity index (χ4v) is 1.50. The molecule has 1 aromatic heterocycles. The normalized spacial score (nSPS) is 10.6. The zero-order chi connectivity index (χ0) is 12.8. The summed E-state index contributed by atoms with van der Waals surface area (Å²) in [5.74, 6) is 1.36. The molecule has 0 saturated carbocycles. The summed E-state index contributed by atoms with van der Waals surface area (Å²) in [7, 11) is 3.21.